The first-order valence-corrected chi connectivity index (χ1v) is 11.1. The van der Waals surface area contributed by atoms with Gasteiger partial charge in [-0.25, -0.2) is 4.79 Å². The Morgan fingerprint density at radius 2 is 1.90 bits per heavy atom. The van der Waals surface area contributed by atoms with Gasteiger partial charge in [0, 0.05) is 20.1 Å². The zero-order valence-electron chi connectivity index (χ0n) is 18.9. The Balaban J connectivity index is 1.31. The maximum atomic E-state index is 12.2. The normalized spacial score (nSPS) is 22.1. The van der Waals surface area contributed by atoms with E-state index in [1.165, 1.54) is 11.5 Å². The summed E-state index contributed by atoms with van der Waals surface area (Å²) in [7, 11) is 1.75. The Bertz CT molecular complexity index is 679. The Labute approximate surface area is 180 Å². The average Bonchev–Trinajstić information content (AvgIpc) is 3.46. The molecule has 3 rings (SSSR count). The van der Waals surface area contributed by atoms with E-state index in [9.17, 15) is 4.79 Å². The molecule has 0 radical (unpaired) electrons. The van der Waals surface area contributed by atoms with Gasteiger partial charge in [0.2, 0.25) is 0 Å². The van der Waals surface area contributed by atoms with Crippen molar-refractivity contribution in [2.75, 3.05) is 38.8 Å². The van der Waals surface area contributed by atoms with Crippen molar-refractivity contribution >= 4 is 11.8 Å². The van der Waals surface area contributed by atoms with Crippen LogP contribution in [-0.4, -0.2) is 49.5 Å². The third-order valence-electron chi connectivity index (χ3n) is 5.93. The highest BCUT2D eigenvalue weighted by molar-refractivity contribution is 5.67. The lowest BCUT2D eigenvalue weighted by Gasteiger charge is -2.32. The Kier molecular flexibility index (Phi) is 7.47. The van der Waals surface area contributed by atoms with Gasteiger partial charge in [0.1, 0.15) is 5.75 Å². The molecule has 1 amide bonds. The molecule has 1 saturated carbocycles. The molecular formula is C23H38N4O3. The first kappa shape index (κ1) is 22.7. The smallest absolute Gasteiger partial charge is 0.409 e. The molecule has 30 heavy (non-hydrogen) atoms. The Morgan fingerprint density at radius 1 is 1.23 bits per heavy atom. The molecule has 7 nitrogen and oxygen atoms in total. The van der Waals surface area contributed by atoms with Gasteiger partial charge in [-0.1, -0.05) is 20.8 Å². The number of amides is 1. The van der Waals surface area contributed by atoms with Crippen molar-refractivity contribution in [3.63, 3.8) is 0 Å². The van der Waals surface area contributed by atoms with Crippen molar-refractivity contribution in [3.05, 3.63) is 24.3 Å². The number of anilines is 1. The summed E-state index contributed by atoms with van der Waals surface area (Å²) in [5, 5.41) is 1.42. The average molecular weight is 419 g/mol. The van der Waals surface area contributed by atoms with Crippen LogP contribution in [0.15, 0.2) is 24.3 Å². The first-order valence-electron chi connectivity index (χ1n) is 11.1. The maximum absolute atomic E-state index is 12.2. The highest BCUT2D eigenvalue weighted by atomic mass is 16.6. The Hall–Kier alpha value is -1.99. The summed E-state index contributed by atoms with van der Waals surface area (Å²) in [5.74, 6) is 8.76. The molecular weight excluding hydrogens is 380 g/mol. The van der Waals surface area contributed by atoms with Crippen molar-refractivity contribution in [2.24, 2.45) is 29.0 Å². The van der Waals surface area contributed by atoms with Gasteiger partial charge < -0.3 is 19.8 Å². The number of carbonyl (C=O) groups excluding carboxylic acids is 1. The number of likely N-dealkylation sites (tertiary alicyclic amines) is 1. The lowest BCUT2D eigenvalue weighted by molar-refractivity contribution is 0.0602. The molecule has 0 bridgehead atoms. The topological polar surface area (TPSA) is 80.1 Å². The number of rotatable bonds is 8. The van der Waals surface area contributed by atoms with E-state index in [1.807, 2.05) is 29.2 Å². The Morgan fingerprint density at radius 3 is 2.50 bits per heavy atom. The molecule has 0 aromatic heterocycles. The number of carbonyl (C=O) groups is 1. The summed E-state index contributed by atoms with van der Waals surface area (Å²) in [4.78, 5) is 14.1. The standard InChI is InChI=1S/C23H38N4O3/c1-23(2,3)16-30-22(28)27-12-9-17(10-13-27)21-15-18(21)11-14-29-20-7-5-19(6-8-20)25-26(4)24/h5-8,17-18,21,25H,9-16,24H2,1-4H3/t18-,21-/m1/s1. The fraction of sp³-hybridized carbons (Fsp3) is 0.696. The summed E-state index contributed by atoms with van der Waals surface area (Å²) in [6, 6.07) is 7.84. The van der Waals surface area contributed by atoms with Crippen LogP contribution in [-0.2, 0) is 4.74 Å². The minimum Gasteiger partial charge on any atom is -0.494 e. The van der Waals surface area contributed by atoms with Crippen molar-refractivity contribution in [1.82, 2.24) is 10.0 Å². The SMILES string of the molecule is CN(N)Nc1ccc(OCC[C@@H]2C[C@@H]2C2CCN(C(=O)OCC(C)(C)C)CC2)cc1. The highest BCUT2D eigenvalue weighted by Crippen LogP contribution is 2.49. The molecule has 1 heterocycles. The van der Waals surface area contributed by atoms with Crippen LogP contribution in [0.2, 0.25) is 0 Å². The third-order valence-corrected chi connectivity index (χ3v) is 5.93. The summed E-state index contributed by atoms with van der Waals surface area (Å²) < 4.78 is 11.4. The maximum Gasteiger partial charge on any atom is 0.409 e. The molecule has 1 aromatic carbocycles. The molecule has 2 aliphatic rings. The molecule has 7 heteroatoms. The summed E-state index contributed by atoms with van der Waals surface area (Å²) in [5.41, 5.74) is 3.95. The monoisotopic (exact) mass is 418 g/mol. The summed E-state index contributed by atoms with van der Waals surface area (Å²) in [6.07, 6.45) is 4.44. The van der Waals surface area contributed by atoms with Gasteiger partial charge >= 0.3 is 6.09 Å². The fourth-order valence-electron chi connectivity index (χ4n) is 4.22. The van der Waals surface area contributed by atoms with E-state index < -0.39 is 0 Å². The molecule has 0 unspecified atom stereocenters. The molecule has 168 valence electrons. The predicted molar refractivity (Wildman–Crippen MR) is 119 cm³/mol. The van der Waals surface area contributed by atoms with Crippen LogP contribution < -0.4 is 16.0 Å². The van der Waals surface area contributed by atoms with E-state index in [4.69, 9.17) is 15.3 Å². The van der Waals surface area contributed by atoms with Gasteiger partial charge in [-0.05, 0) is 73.1 Å². The number of ether oxygens (including phenoxy) is 2. The molecule has 1 aromatic rings. The third kappa shape index (κ3) is 7.06. The molecule has 0 spiro atoms. The van der Waals surface area contributed by atoms with Crippen LogP contribution in [0.4, 0.5) is 10.5 Å². The minimum absolute atomic E-state index is 0.0113. The van der Waals surface area contributed by atoms with Crippen LogP contribution in [0.25, 0.3) is 0 Å². The van der Waals surface area contributed by atoms with E-state index in [2.05, 4.69) is 26.2 Å². The number of hydrogen-bond acceptors (Lipinski definition) is 6. The summed E-state index contributed by atoms with van der Waals surface area (Å²) >= 11 is 0. The minimum atomic E-state index is -0.150. The molecule has 2 fully saturated rings. The van der Waals surface area contributed by atoms with E-state index in [0.717, 1.165) is 68.1 Å². The number of benzene rings is 1. The van der Waals surface area contributed by atoms with E-state index in [0.29, 0.717) is 6.61 Å². The van der Waals surface area contributed by atoms with Crippen molar-refractivity contribution in [3.8, 4) is 5.75 Å². The largest absolute Gasteiger partial charge is 0.494 e. The zero-order valence-corrected chi connectivity index (χ0v) is 18.9. The lowest BCUT2D eigenvalue weighted by Crippen LogP contribution is -2.40. The van der Waals surface area contributed by atoms with Gasteiger partial charge in [0.25, 0.3) is 0 Å². The molecule has 1 saturated heterocycles. The second-order valence-corrected chi connectivity index (χ2v) is 9.98. The lowest BCUT2D eigenvalue weighted by atomic mass is 9.90. The number of piperidine rings is 1. The van der Waals surface area contributed by atoms with Crippen molar-refractivity contribution in [1.29, 1.82) is 0 Å². The number of hydrogen-bond donors (Lipinski definition) is 2. The van der Waals surface area contributed by atoms with Crippen LogP contribution in [0.3, 0.4) is 0 Å². The van der Waals surface area contributed by atoms with Gasteiger partial charge in [-0.3, -0.25) is 5.84 Å². The highest BCUT2D eigenvalue weighted by Gasteiger charge is 2.43. The van der Waals surface area contributed by atoms with Crippen LogP contribution in [0.5, 0.6) is 5.75 Å². The zero-order chi connectivity index (χ0) is 21.7. The van der Waals surface area contributed by atoms with Crippen molar-refractivity contribution in [2.45, 2.75) is 46.5 Å². The van der Waals surface area contributed by atoms with Crippen LogP contribution in [0, 0.1) is 23.2 Å². The molecule has 2 atom stereocenters. The molecule has 1 aliphatic heterocycles. The van der Waals surface area contributed by atoms with Gasteiger partial charge in [0.05, 0.1) is 18.9 Å². The van der Waals surface area contributed by atoms with E-state index in [-0.39, 0.29) is 11.5 Å². The number of nitrogens with two attached hydrogens (primary N) is 1. The molecule has 3 N–H and O–H groups in total. The van der Waals surface area contributed by atoms with E-state index in [1.54, 1.807) is 7.05 Å². The number of hydrazine groups is 2. The van der Waals surface area contributed by atoms with Crippen LogP contribution >= 0.6 is 0 Å². The quantitative estimate of drug-likeness (QED) is 0.488. The van der Waals surface area contributed by atoms with E-state index >= 15 is 0 Å². The predicted octanol–water partition coefficient (Wildman–Crippen LogP) is 4.12. The van der Waals surface area contributed by atoms with Crippen molar-refractivity contribution < 1.29 is 14.3 Å². The number of nitrogens with zero attached hydrogens (tertiary/aromatic N) is 2. The van der Waals surface area contributed by atoms with Gasteiger partial charge in [-0.15, -0.1) is 0 Å². The van der Waals surface area contributed by atoms with Gasteiger partial charge in [0.15, 0.2) is 0 Å². The summed E-state index contributed by atoms with van der Waals surface area (Å²) in [6.45, 7) is 9.11. The fourth-order valence-corrected chi connectivity index (χ4v) is 4.22. The second kappa shape index (κ2) is 9.88. The van der Waals surface area contributed by atoms with Crippen LogP contribution in [0.1, 0.15) is 46.5 Å². The first-order chi connectivity index (χ1) is 14.2. The molecule has 1 aliphatic carbocycles. The number of nitrogens with one attached hydrogen (secondary N) is 1. The second-order valence-electron chi connectivity index (χ2n) is 9.98. The van der Waals surface area contributed by atoms with Gasteiger partial charge in [-0.2, -0.15) is 5.12 Å².